The SMILES string of the molecule is NCC(=O)N1CCC2(C1)CN(c1ncc(Cl)s1)c1ccc(Cl)cc12. The molecule has 3 heterocycles. The summed E-state index contributed by atoms with van der Waals surface area (Å²) in [5, 5.41) is 1.57. The quantitative estimate of drug-likeness (QED) is 0.866. The van der Waals surface area contributed by atoms with Gasteiger partial charge in [-0.1, -0.05) is 34.5 Å². The van der Waals surface area contributed by atoms with Gasteiger partial charge < -0.3 is 15.5 Å². The highest BCUT2D eigenvalue weighted by molar-refractivity contribution is 7.19. The van der Waals surface area contributed by atoms with Gasteiger partial charge in [0.1, 0.15) is 4.34 Å². The Hall–Kier alpha value is -1.34. The van der Waals surface area contributed by atoms with Crippen LogP contribution in [0.1, 0.15) is 12.0 Å². The molecule has 1 atom stereocenters. The molecule has 126 valence electrons. The van der Waals surface area contributed by atoms with Gasteiger partial charge in [0.15, 0.2) is 5.13 Å². The van der Waals surface area contributed by atoms with Crippen molar-refractivity contribution in [2.75, 3.05) is 31.1 Å². The van der Waals surface area contributed by atoms with Crippen LogP contribution in [0.4, 0.5) is 10.8 Å². The van der Waals surface area contributed by atoms with Crippen molar-refractivity contribution < 1.29 is 4.79 Å². The minimum Gasteiger partial charge on any atom is -0.341 e. The molecule has 5 nitrogen and oxygen atoms in total. The largest absolute Gasteiger partial charge is 0.341 e. The van der Waals surface area contributed by atoms with Crippen LogP contribution in [0.5, 0.6) is 0 Å². The van der Waals surface area contributed by atoms with Gasteiger partial charge in [-0.15, -0.1) is 0 Å². The minimum absolute atomic E-state index is 0.00815. The highest BCUT2D eigenvalue weighted by Gasteiger charge is 2.49. The molecule has 1 unspecified atom stereocenters. The lowest BCUT2D eigenvalue weighted by Crippen LogP contribution is -2.39. The molecule has 1 aromatic heterocycles. The number of nitrogens with two attached hydrogens (primary N) is 1. The van der Waals surface area contributed by atoms with Gasteiger partial charge in [0.25, 0.3) is 0 Å². The molecule has 4 rings (SSSR count). The van der Waals surface area contributed by atoms with Gasteiger partial charge in [0.05, 0.1) is 12.7 Å². The van der Waals surface area contributed by atoms with E-state index in [9.17, 15) is 4.79 Å². The molecule has 1 saturated heterocycles. The molecule has 0 saturated carbocycles. The third-order valence-corrected chi connectivity index (χ3v) is 6.23. The van der Waals surface area contributed by atoms with Gasteiger partial charge in [0.2, 0.25) is 5.91 Å². The van der Waals surface area contributed by atoms with Crippen molar-refractivity contribution in [1.29, 1.82) is 0 Å². The summed E-state index contributed by atoms with van der Waals surface area (Å²) in [7, 11) is 0. The molecular weight excluding hydrogens is 367 g/mol. The van der Waals surface area contributed by atoms with Gasteiger partial charge in [-0.05, 0) is 30.2 Å². The molecule has 1 amide bonds. The number of hydrogen-bond donors (Lipinski definition) is 1. The molecule has 8 heteroatoms. The average Bonchev–Trinajstić information content (AvgIpc) is 3.26. The van der Waals surface area contributed by atoms with E-state index in [0.717, 1.165) is 23.8 Å². The van der Waals surface area contributed by atoms with Crippen molar-refractivity contribution in [2.24, 2.45) is 5.73 Å². The first-order valence-electron chi connectivity index (χ1n) is 7.69. The van der Waals surface area contributed by atoms with Crippen molar-refractivity contribution in [2.45, 2.75) is 11.8 Å². The Kier molecular flexibility index (Phi) is 3.95. The van der Waals surface area contributed by atoms with E-state index >= 15 is 0 Å². The third-order valence-electron chi connectivity index (χ3n) is 4.86. The Morgan fingerprint density at radius 3 is 2.92 bits per heavy atom. The molecule has 2 aromatic rings. The molecule has 0 radical (unpaired) electrons. The predicted octanol–water partition coefficient (Wildman–Crippen LogP) is 3.03. The molecule has 1 aromatic carbocycles. The zero-order valence-corrected chi connectivity index (χ0v) is 15.2. The van der Waals surface area contributed by atoms with Crippen LogP contribution < -0.4 is 10.6 Å². The van der Waals surface area contributed by atoms with E-state index in [-0.39, 0.29) is 17.9 Å². The number of amides is 1. The van der Waals surface area contributed by atoms with Crippen LogP contribution in [-0.4, -0.2) is 42.0 Å². The van der Waals surface area contributed by atoms with Crippen molar-refractivity contribution in [1.82, 2.24) is 9.88 Å². The number of carbonyl (C=O) groups is 1. The van der Waals surface area contributed by atoms with Crippen molar-refractivity contribution in [3.8, 4) is 0 Å². The van der Waals surface area contributed by atoms with E-state index in [1.54, 1.807) is 6.20 Å². The Morgan fingerprint density at radius 2 is 2.21 bits per heavy atom. The number of thiazole rings is 1. The number of nitrogens with zero attached hydrogens (tertiary/aromatic N) is 3. The van der Waals surface area contributed by atoms with Crippen LogP contribution in [0, 0.1) is 0 Å². The Bertz CT molecular complexity index is 811. The Labute approximate surface area is 154 Å². The number of anilines is 2. The summed E-state index contributed by atoms with van der Waals surface area (Å²) < 4.78 is 0.660. The maximum absolute atomic E-state index is 12.0. The summed E-state index contributed by atoms with van der Waals surface area (Å²) in [6, 6.07) is 5.93. The van der Waals surface area contributed by atoms with Crippen LogP contribution in [0.3, 0.4) is 0 Å². The fourth-order valence-corrected chi connectivity index (χ4v) is 4.83. The van der Waals surface area contributed by atoms with Gasteiger partial charge in [-0.3, -0.25) is 4.79 Å². The van der Waals surface area contributed by atoms with Crippen molar-refractivity contribution in [3.63, 3.8) is 0 Å². The molecule has 1 spiro atoms. The number of benzene rings is 1. The predicted molar refractivity (Wildman–Crippen MR) is 97.5 cm³/mol. The van der Waals surface area contributed by atoms with E-state index in [0.29, 0.717) is 22.4 Å². The lowest BCUT2D eigenvalue weighted by Gasteiger charge is -2.25. The minimum atomic E-state index is -0.136. The van der Waals surface area contributed by atoms with Crippen LogP contribution in [0.25, 0.3) is 0 Å². The fourth-order valence-electron chi connectivity index (χ4n) is 3.75. The first-order chi connectivity index (χ1) is 11.5. The van der Waals surface area contributed by atoms with E-state index in [1.807, 2.05) is 23.1 Å². The van der Waals surface area contributed by atoms with Crippen molar-refractivity contribution in [3.05, 3.63) is 39.3 Å². The standard InChI is InChI=1S/C16H16Cl2N4OS/c17-10-1-2-12-11(5-10)16(3-4-21(8-16)14(23)6-19)9-22(12)15-20-7-13(18)24-15/h1-2,5,7H,3-4,6,8-9,19H2. The molecule has 0 aliphatic carbocycles. The summed E-state index contributed by atoms with van der Waals surface area (Å²) >= 11 is 13.8. The van der Waals surface area contributed by atoms with Gasteiger partial charge >= 0.3 is 0 Å². The maximum atomic E-state index is 12.0. The second-order valence-electron chi connectivity index (χ2n) is 6.24. The van der Waals surface area contributed by atoms with E-state index in [4.69, 9.17) is 28.9 Å². The number of likely N-dealkylation sites (tertiary alicyclic amines) is 1. The zero-order valence-electron chi connectivity index (χ0n) is 12.8. The second-order valence-corrected chi connectivity index (χ2v) is 8.32. The van der Waals surface area contributed by atoms with Crippen LogP contribution in [-0.2, 0) is 10.2 Å². The number of rotatable bonds is 2. The van der Waals surface area contributed by atoms with Gasteiger partial charge in [-0.2, -0.15) is 0 Å². The summed E-state index contributed by atoms with van der Waals surface area (Å²) in [6.45, 7) is 2.19. The molecular formula is C16H16Cl2N4OS. The number of carbonyl (C=O) groups excluding carboxylic acids is 1. The molecule has 24 heavy (non-hydrogen) atoms. The molecule has 1 fully saturated rings. The highest BCUT2D eigenvalue weighted by atomic mass is 35.5. The van der Waals surface area contributed by atoms with E-state index < -0.39 is 0 Å². The molecule has 0 bridgehead atoms. The van der Waals surface area contributed by atoms with Gasteiger partial charge in [0, 0.05) is 35.8 Å². The Balaban J connectivity index is 1.76. The average molecular weight is 383 g/mol. The lowest BCUT2D eigenvalue weighted by molar-refractivity contribution is -0.128. The smallest absolute Gasteiger partial charge is 0.236 e. The fraction of sp³-hybridized carbons (Fsp3) is 0.375. The monoisotopic (exact) mass is 382 g/mol. The van der Waals surface area contributed by atoms with Crippen LogP contribution >= 0.6 is 34.5 Å². The topological polar surface area (TPSA) is 62.5 Å². The third kappa shape index (κ3) is 2.49. The van der Waals surface area contributed by atoms with E-state index in [1.165, 1.54) is 16.9 Å². The highest BCUT2D eigenvalue weighted by Crippen LogP contribution is 2.50. The summed E-state index contributed by atoms with van der Waals surface area (Å²) in [5.74, 6) is -0.00815. The number of halogens is 2. The lowest BCUT2D eigenvalue weighted by atomic mass is 9.81. The van der Waals surface area contributed by atoms with Crippen LogP contribution in [0.15, 0.2) is 24.4 Å². The number of fused-ring (bicyclic) bond motifs is 2. The maximum Gasteiger partial charge on any atom is 0.236 e. The number of hydrogen-bond acceptors (Lipinski definition) is 5. The molecule has 2 aliphatic rings. The number of aromatic nitrogens is 1. The molecule has 2 aliphatic heterocycles. The second kappa shape index (κ2) is 5.88. The first kappa shape index (κ1) is 16.1. The molecule has 2 N–H and O–H groups in total. The summed E-state index contributed by atoms with van der Waals surface area (Å²) in [4.78, 5) is 20.5. The van der Waals surface area contributed by atoms with E-state index in [2.05, 4.69) is 9.88 Å². The summed E-state index contributed by atoms with van der Waals surface area (Å²) in [6.07, 6.45) is 2.56. The normalized spacial score (nSPS) is 22.5. The van der Waals surface area contributed by atoms with Crippen LogP contribution in [0.2, 0.25) is 9.36 Å². The van der Waals surface area contributed by atoms with Crippen molar-refractivity contribution >= 4 is 51.3 Å². The van der Waals surface area contributed by atoms with Gasteiger partial charge in [-0.25, -0.2) is 4.98 Å². The summed E-state index contributed by atoms with van der Waals surface area (Å²) in [5.41, 5.74) is 7.66. The first-order valence-corrected chi connectivity index (χ1v) is 9.26. The zero-order chi connectivity index (χ0) is 16.9. The Morgan fingerprint density at radius 1 is 1.38 bits per heavy atom.